The Hall–Kier alpha value is -0.770. The summed E-state index contributed by atoms with van der Waals surface area (Å²) in [5.74, 6) is -0.966. The Bertz CT molecular complexity index is 479. The molecule has 0 unspecified atom stereocenters. The molecule has 2 aromatic rings. The number of hydrogen-bond donors (Lipinski definition) is 1. The van der Waals surface area contributed by atoms with Gasteiger partial charge < -0.3 is 5.11 Å². The van der Waals surface area contributed by atoms with E-state index in [1.807, 2.05) is 24.3 Å². The smallest absolute Gasteiger partial charge is 0.347 e. The Kier molecular flexibility index (Phi) is 3.37. The molecule has 2 nitrogen and oxygen atoms in total. The lowest BCUT2D eigenvalue weighted by Gasteiger charge is -1.87. The van der Waals surface area contributed by atoms with Crippen LogP contribution in [0, 0.1) is 0 Å². The standard InChI is InChI=1S/C9H5ClO2S.ClH/c10-7-5-3-1-2-4-6(5)13-8(7)9(11)12;/h1-4H,(H,11,12);1H. The van der Waals surface area contributed by atoms with Crippen molar-refractivity contribution in [3.05, 3.63) is 34.2 Å². The predicted octanol–water partition coefficient (Wildman–Crippen LogP) is 3.67. The maximum Gasteiger partial charge on any atom is 0.347 e. The second kappa shape index (κ2) is 4.17. The quantitative estimate of drug-likeness (QED) is 0.837. The van der Waals surface area contributed by atoms with Gasteiger partial charge in [0.2, 0.25) is 0 Å². The number of rotatable bonds is 1. The number of benzene rings is 1. The van der Waals surface area contributed by atoms with Crippen molar-refractivity contribution in [1.29, 1.82) is 0 Å². The van der Waals surface area contributed by atoms with Crippen molar-refractivity contribution in [2.45, 2.75) is 0 Å². The van der Waals surface area contributed by atoms with Gasteiger partial charge in [-0.2, -0.15) is 0 Å². The van der Waals surface area contributed by atoms with Crippen LogP contribution in [0.5, 0.6) is 0 Å². The first-order valence-corrected chi connectivity index (χ1v) is 4.80. The lowest BCUT2D eigenvalue weighted by atomic mass is 10.2. The molecule has 0 saturated carbocycles. The minimum atomic E-state index is -0.966. The van der Waals surface area contributed by atoms with Gasteiger partial charge in [0, 0.05) is 10.1 Å². The van der Waals surface area contributed by atoms with Crippen molar-refractivity contribution in [2.75, 3.05) is 0 Å². The fourth-order valence-electron chi connectivity index (χ4n) is 1.15. The molecule has 1 aromatic heterocycles. The highest BCUT2D eigenvalue weighted by Crippen LogP contribution is 2.34. The largest absolute Gasteiger partial charge is 0.477 e. The normalized spacial score (nSPS) is 9.79. The van der Waals surface area contributed by atoms with Crippen LogP contribution in [0.4, 0.5) is 0 Å². The minimum Gasteiger partial charge on any atom is -0.477 e. The average molecular weight is 249 g/mol. The summed E-state index contributed by atoms with van der Waals surface area (Å²) in [6.45, 7) is 0. The van der Waals surface area contributed by atoms with Gasteiger partial charge in [-0.15, -0.1) is 23.7 Å². The van der Waals surface area contributed by atoms with E-state index < -0.39 is 5.97 Å². The first kappa shape index (κ1) is 11.3. The summed E-state index contributed by atoms with van der Waals surface area (Å²) < 4.78 is 0.907. The minimum absolute atomic E-state index is 0. The third-order valence-electron chi connectivity index (χ3n) is 1.73. The van der Waals surface area contributed by atoms with Crippen molar-refractivity contribution < 1.29 is 9.90 Å². The maximum absolute atomic E-state index is 10.7. The number of aromatic carboxylic acids is 1. The molecule has 0 amide bonds. The third kappa shape index (κ3) is 1.71. The van der Waals surface area contributed by atoms with Crippen molar-refractivity contribution in [1.82, 2.24) is 0 Å². The molecular formula is C9H6Cl2O2S. The molecule has 0 aliphatic rings. The van der Waals surface area contributed by atoms with E-state index in [1.165, 1.54) is 11.3 Å². The Morgan fingerprint density at radius 1 is 1.36 bits per heavy atom. The first-order valence-electron chi connectivity index (χ1n) is 3.60. The molecule has 1 aromatic carbocycles. The topological polar surface area (TPSA) is 37.3 Å². The molecule has 0 aliphatic carbocycles. The SMILES string of the molecule is Cl.O=C(O)c1sc2ccccc2c1Cl. The second-order valence-electron chi connectivity index (χ2n) is 2.55. The molecule has 0 spiro atoms. The fraction of sp³-hybridized carbons (Fsp3) is 0. The molecule has 0 aliphatic heterocycles. The number of carbonyl (C=O) groups is 1. The molecule has 74 valence electrons. The Morgan fingerprint density at radius 3 is 2.57 bits per heavy atom. The summed E-state index contributed by atoms with van der Waals surface area (Å²) in [5.41, 5.74) is 0. The van der Waals surface area contributed by atoms with Gasteiger partial charge in [-0.05, 0) is 6.07 Å². The fourth-order valence-corrected chi connectivity index (χ4v) is 2.50. The van der Waals surface area contributed by atoms with Gasteiger partial charge in [0.25, 0.3) is 0 Å². The van der Waals surface area contributed by atoms with Crippen LogP contribution < -0.4 is 0 Å². The van der Waals surface area contributed by atoms with Crippen LogP contribution in [0.1, 0.15) is 9.67 Å². The zero-order valence-electron chi connectivity index (χ0n) is 6.86. The number of carboxylic acids is 1. The van der Waals surface area contributed by atoms with E-state index in [9.17, 15) is 4.79 Å². The molecule has 0 bridgehead atoms. The van der Waals surface area contributed by atoms with E-state index >= 15 is 0 Å². The zero-order valence-corrected chi connectivity index (χ0v) is 9.25. The van der Waals surface area contributed by atoms with Gasteiger partial charge in [0.15, 0.2) is 0 Å². The zero-order chi connectivity index (χ0) is 9.42. The highest BCUT2D eigenvalue weighted by atomic mass is 35.5. The molecule has 0 atom stereocenters. The van der Waals surface area contributed by atoms with Crippen molar-refractivity contribution in [3.63, 3.8) is 0 Å². The average Bonchev–Trinajstić information content (AvgIpc) is 2.45. The molecule has 0 radical (unpaired) electrons. The van der Waals surface area contributed by atoms with Gasteiger partial charge >= 0.3 is 5.97 Å². The number of carboxylic acid groups (broad SMARTS) is 1. The van der Waals surface area contributed by atoms with E-state index in [4.69, 9.17) is 16.7 Å². The summed E-state index contributed by atoms with van der Waals surface area (Å²) in [7, 11) is 0. The van der Waals surface area contributed by atoms with E-state index in [2.05, 4.69) is 0 Å². The second-order valence-corrected chi connectivity index (χ2v) is 3.98. The van der Waals surface area contributed by atoms with E-state index in [1.54, 1.807) is 0 Å². The van der Waals surface area contributed by atoms with E-state index in [0.717, 1.165) is 10.1 Å². The van der Waals surface area contributed by atoms with Crippen LogP contribution >= 0.6 is 35.3 Å². The maximum atomic E-state index is 10.7. The first-order chi connectivity index (χ1) is 6.20. The molecular weight excluding hydrogens is 243 g/mol. The predicted molar refractivity (Wildman–Crippen MR) is 61.0 cm³/mol. The molecule has 2 rings (SSSR count). The Morgan fingerprint density at radius 2 is 2.00 bits per heavy atom. The van der Waals surface area contributed by atoms with Gasteiger partial charge in [0.05, 0.1) is 5.02 Å². The molecule has 5 heteroatoms. The number of thiophene rings is 1. The van der Waals surface area contributed by atoms with Gasteiger partial charge in [-0.3, -0.25) is 0 Å². The molecule has 1 N–H and O–H groups in total. The molecule has 1 heterocycles. The number of halogens is 2. The lowest BCUT2D eigenvalue weighted by molar-refractivity contribution is 0.0702. The highest BCUT2D eigenvalue weighted by molar-refractivity contribution is 7.21. The van der Waals surface area contributed by atoms with Crippen molar-refractivity contribution >= 4 is 51.4 Å². The van der Waals surface area contributed by atoms with Gasteiger partial charge in [-0.25, -0.2) is 4.79 Å². The van der Waals surface area contributed by atoms with Crippen LogP contribution in [-0.2, 0) is 0 Å². The Labute approximate surface area is 95.5 Å². The lowest BCUT2D eigenvalue weighted by Crippen LogP contribution is -1.91. The van der Waals surface area contributed by atoms with Crippen LogP contribution in [0.2, 0.25) is 5.02 Å². The number of fused-ring (bicyclic) bond motifs is 1. The molecule has 0 fully saturated rings. The summed E-state index contributed by atoms with van der Waals surface area (Å²) in [5, 5.41) is 9.95. The van der Waals surface area contributed by atoms with Gasteiger partial charge in [-0.1, -0.05) is 29.8 Å². The van der Waals surface area contributed by atoms with Crippen LogP contribution in [0.3, 0.4) is 0 Å². The van der Waals surface area contributed by atoms with Crippen molar-refractivity contribution in [2.24, 2.45) is 0 Å². The van der Waals surface area contributed by atoms with Gasteiger partial charge in [0.1, 0.15) is 4.88 Å². The Balaban J connectivity index is 0.000000980. The summed E-state index contributed by atoms with van der Waals surface area (Å²) in [4.78, 5) is 10.9. The van der Waals surface area contributed by atoms with Crippen LogP contribution in [0.15, 0.2) is 24.3 Å². The number of hydrogen-bond acceptors (Lipinski definition) is 2. The van der Waals surface area contributed by atoms with E-state index in [-0.39, 0.29) is 17.3 Å². The highest BCUT2D eigenvalue weighted by Gasteiger charge is 2.14. The van der Waals surface area contributed by atoms with Crippen LogP contribution in [0.25, 0.3) is 10.1 Å². The van der Waals surface area contributed by atoms with E-state index in [0.29, 0.717) is 5.02 Å². The summed E-state index contributed by atoms with van der Waals surface area (Å²) >= 11 is 7.08. The van der Waals surface area contributed by atoms with Crippen LogP contribution in [-0.4, -0.2) is 11.1 Å². The summed E-state index contributed by atoms with van der Waals surface area (Å²) in [6, 6.07) is 7.38. The third-order valence-corrected chi connectivity index (χ3v) is 3.39. The summed E-state index contributed by atoms with van der Waals surface area (Å²) in [6.07, 6.45) is 0. The monoisotopic (exact) mass is 248 g/mol. The van der Waals surface area contributed by atoms with Crippen molar-refractivity contribution in [3.8, 4) is 0 Å². The molecule has 0 saturated heterocycles. The molecule has 14 heavy (non-hydrogen) atoms.